The first-order valence-electron chi connectivity index (χ1n) is 4.19. The van der Waals surface area contributed by atoms with Crippen molar-refractivity contribution in [2.24, 2.45) is 5.73 Å². The van der Waals surface area contributed by atoms with Gasteiger partial charge in [0.1, 0.15) is 6.04 Å². The average Bonchev–Trinajstić information content (AvgIpc) is 2.64. The number of hydrogen-bond acceptors (Lipinski definition) is 4. The number of nitrogens with zero attached hydrogens (tertiary/aromatic N) is 2. The lowest BCUT2D eigenvalue weighted by Gasteiger charge is -2.35. The number of hydrogen-bond donors (Lipinski definition) is 1. The monoisotopic (exact) mass is 197 g/mol. The number of amides is 1. The highest BCUT2D eigenvalue weighted by atomic mass is 32.1. The Labute approximate surface area is 80.4 Å². The van der Waals surface area contributed by atoms with Crippen molar-refractivity contribution in [1.29, 1.82) is 0 Å². The number of rotatable bonds is 3. The first kappa shape index (κ1) is 8.65. The second-order valence-electron chi connectivity index (χ2n) is 3.12. The number of thiazole rings is 1. The Hall–Kier alpha value is -0.940. The van der Waals surface area contributed by atoms with Crippen molar-refractivity contribution in [3.63, 3.8) is 0 Å². The summed E-state index contributed by atoms with van der Waals surface area (Å²) in [6.07, 6.45) is 0.835. The van der Waals surface area contributed by atoms with Crippen LogP contribution in [0.4, 0.5) is 0 Å². The van der Waals surface area contributed by atoms with Crippen LogP contribution in [-0.4, -0.2) is 34.9 Å². The summed E-state index contributed by atoms with van der Waals surface area (Å²) in [6.45, 7) is 1.44. The van der Waals surface area contributed by atoms with E-state index in [9.17, 15) is 4.79 Å². The average molecular weight is 197 g/mol. The van der Waals surface area contributed by atoms with Crippen LogP contribution in [0.3, 0.4) is 0 Å². The molecule has 0 aliphatic carbocycles. The van der Waals surface area contributed by atoms with Crippen molar-refractivity contribution in [2.45, 2.75) is 12.5 Å². The summed E-state index contributed by atoms with van der Waals surface area (Å²) in [5.41, 5.74) is 8.32. The second-order valence-corrected chi connectivity index (χ2v) is 3.84. The molecule has 1 aromatic heterocycles. The van der Waals surface area contributed by atoms with Gasteiger partial charge in [-0.3, -0.25) is 4.79 Å². The summed E-state index contributed by atoms with van der Waals surface area (Å²) >= 11 is 1.58. The highest BCUT2D eigenvalue weighted by Crippen LogP contribution is 2.09. The molecule has 1 atom stereocenters. The number of aromatic nitrogens is 1. The van der Waals surface area contributed by atoms with Crippen molar-refractivity contribution in [1.82, 2.24) is 9.88 Å². The van der Waals surface area contributed by atoms with E-state index in [-0.39, 0.29) is 11.9 Å². The highest BCUT2D eigenvalue weighted by molar-refractivity contribution is 7.07. The van der Waals surface area contributed by atoms with Gasteiger partial charge in [-0.2, -0.15) is 0 Å². The Morgan fingerprint density at radius 1 is 1.77 bits per heavy atom. The predicted octanol–water partition coefficient (Wildman–Crippen LogP) is -0.145. The zero-order valence-corrected chi connectivity index (χ0v) is 7.96. The van der Waals surface area contributed by atoms with Gasteiger partial charge in [0, 0.05) is 24.9 Å². The Morgan fingerprint density at radius 2 is 2.62 bits per heavy atom. The van der Waals surface area contributed by atoms with Crippen molar-refractivity contribution in [2.75, 3.05) is 13.1 Å². The quantitative estimate of drug-likeness (QED) is 0.686. The summed E-state index contributed by atoms with van der Waals surface area (Å²) in [5, 5.41) is 2.00. The smallest absolute Gasteiger partial charge is 0.241 e. The van der Waals surface area contributed by atoms with Crippen LogP contribution in [0.2, 0.25) is 0 Å². The maximum atomic E-state index is 11.1. The van der Waals surface area contributed by atoms with E-state index in [1.54, 1.807) is 21.7 Å². The number of carbonyl (C=O) groups excluding carboxylic acids is 1. The van der Waals surface area contributed by atoms with Crippen LogP contribution < -0.4 is 5.73 Å². The van der Waals surface area contributed by atoms with E-state index in [1.165, 1.54) is 0 Å². The van der Waals surface area contributed by atoms with Crippen LogP contribution >= 0.6 is 11.3 Å². The van der Waals surface area contributed by atoms with E-state index in [0.29, 0.717) is 6.54 Å². The molecule has 1 unspecified atom stereocenters. The van der Waals surface area contributed by atoms with Gasteiger partial charge in [0.2, 0.25) is 5.91 Å². The van der Waals surface area contributed by atoms with Gasteiger partial charge in [0.25, 0.3) is 0 Å². The Bertz CT molecular complexity index is 298. The predicted molar refractivity (Wildman–Crippen MR) is 50.4 cm³/mol. The van der Waals surface area contributed by atoms with Gasteiger partial charge in [0.05, 0.1) is 11.2 Å². The van der Waals surface area contributed by atoms with Crippen LogP contribution in [-0.2, 0) is 11.2 Å². The lowest BCUT2D eigenvalue weighted by Crippen LogP contribution is -2.61. The van der Waals surface area contributed by atoms with E-state index in [4.69, 9.17) is 5.73 Å². The van der Waals surface area contributed by atoms with Crippen LogP contribution in [0.25, 0.3) is 0 Å². The summed E-state index contributed by atoms with van der Waals surface area (Å²) in [4.78, 5) is 17.0. The SMILES string of the molecule is NC1CN(CCc2cscn2)C1=O. The van der Waals surface area contributed by atoms with Gasteiger partial charge < -0.3 is 10.6 Å². The van der Waals surface area contributed by atoms with Gasteiger partial charge in [-0.05, 0) is 0 Å². The number of nitrogens with two attached hydrogens (primary N) is 1. The third-order valence-electron chi connectivity index (χ3n) is 2.17. The molecule has 1 saturated heterocycles. The van der Waals surface area contributed by atoms with Gasteiger partial charge in [-0.25, -0.2) is 4.98 Å². The Kier molecular flexibility index (Phi) is 2.28. The molecule has 0 spiro atoms. The lowest BCUT2D eigenvalue weighted by atomic mass is 10.1. The molecule has 5 heteroatoms. The highest BCUT2D eigenvalue weighted by Gasteiger charge is 2.32. The normalized spacial score (nSPS) is 21.8. The van der Waals surface area contributed by atoms with Crippen LogP contribution in [0.1, 0.15) is 5.69 Å². The summed E-state index contributed by atoms with van der Waals surface area (Å²) in [5.74, 6) is 0.0650. The topological polar surface area (TPSA) is 59.2 Å². The fourth-order valence-corrected chi connectivity index (χ4v) is 1.93. The van der Waals surface area contributed by atoms with Crippen molar-refractivity contribution >= 4 is 17.2 Å². The maximum Gasteiger partial charge on any atom is 0.241 e. The van der Waals surface area contributed by atoms with Crippen LogP contribution in [0.5, 0.6) is 0 Å². The molecule has 0 saturated carbocycles. The van der Waals surface area contributed by atoms with Crippen molar-refractivity contribution in [3.05, 3.63) is 16.6 Å². The molecule has 0 aromatic carbocycles. The third-order valence-corrected chi connectivity index (χ3v) is 2.80. The van der Waals surface area contributed by atoms with Crippen LogP contribution in [0, 0.1) is 0 Å². The summed E-state index contributed by atoms with van der Waals surface area (Å²) in [7, 11) is 0. The Morgan fingerprint density at radius 3 is 3.15 bits per heavy atom. The second kappa shape index (κ2) is 3.43. The summed E-state index contributed by atoms with van der Waals surface area (Å²) < 4.78 is 0. The molecule has 70 valence electrons. The first-order valence-corrected chi connectivity index (χ1v) is 5.13. The largest absolute Gasteiger partial charge is 0.339 e. The minimum atomic E-state index is -0.254. The molecule has 0 bridgehead atoms. The first-order chi connectivity index (χ1) is 6.27. The molecule has 1 aliphatic heterocycles. The van der Waals surface area contributed by atoms with Crippen molar-refractivity contribution in [3.8, 4) is 0 Å². The van der Waals surface area contributed by atoms with Gasteiger partial charge in [-0.15, -0.1) is 11.3 Å². The van der Waals surface area contributed by atoms with Gasteiger partial charge in [0.15, 0.2) is 0 Å². The standard InChI is InChI=1S/C8H11N3OS/c9-7-3-11(8(7)12)2-1-6-4-13-5-10-6/h4-5,7H,1-3,9H2. The number of carbonyl (C=O) groups is 1. The minimum absolute atomic E-state index is 0.0650. The lowest BCUT2D eigenvalue weighted by molar-refractivity contribution is -0.142. The minimum Gasteiger partial charge on any atom is -0.339 e. The molecule has 1 aliphatic rings. The molecular weight excluding hydrogens is 186 g/mol. The zero-order valence-electron chi connectivity index (χ0n) is 7.14. The van der Waals surface area contributed by atoms with Gasteiger partial charge in [-0.1, -0.05) is 0 Å². The molecule has 13 heavy (non-hydrogen) atoms. The fourth-order valence-electron chi connectivity index (χ4n) is 1.34. The molecule has 2 rings (SSSR count). The fraction of sp³-hybridized carbons (Fsp3) is 0.500. The van der Waals surface area contributed by atoms with E-state index in [0.717, 1.165) is 18.7 Å². The number of likely N-dealkylation sites (tertiary alicyclic amines) is 1. The molecular formula is C8H11N3OS. The van der Waals surface area contributed by atoms with E-state index < -0.39 is 0 Å². The number of β-lactam (4-membered cyclic amide) rings is 1. The van der Waals surface area contributed by atoms with E-state index in [2.05, 4.69) is 4.98 Å². The van der Waals surface area contributed by atoms with Gasteiger partial charge >= 0.3 is 0 Å². The molecule has 2 N–H and O–H groups in total. The Balaban J connectivity index is 1.78. The molecule has 1 amide bonds. The molecule has 2 heterocycles. The van der Waals surface area contributed by atoms with Crippen LogP contribution in [0.15, 0.2) is 10.9 Å². The molecule has 1 fully saturated rings. The zero-order chi connectivity index (χ0) is 9.26. The van der Waals surface area contributed by atoms with Crippen molar-refractivity contribution < 1.29 is 4.79 Å². The molecule has 4 nitrogen and oxygen atoms in total. The molecule has 0 radical (unpaired) electrons. The third kappa shape index (κ3) is 1.71. The van der Waals surface area contributed by atoms with E-state index in [1.807, 2.05) is 5.38 Å². The summed E-state index contributed by atoms with van der Waals surface area (Å²) in [6, 6.07) is -0.254. The maximum absolute atomic E-state index is 11.1. The van der Waals surface area contributed by atoms with E-state index >= 15 is 0 Å². The molecule has 1 aromatic rings.